The van der Waals surface area contributed by atoms with Crippen molar-refractivity contribution in [3.8, 4) is 0 Å². The van der Waals surface area contributed by atoms with Crippen molar-refractivity contribution in [3.05, 3.63) is 23.3 Å². The number of aromatic amines is 1. The highest BCUT2D eigenvalue weighted by Crippen LogP contribution is 2.08. The summed E-state index contributed by atoms with van der Waals surface area (Å²) in [6, 6.07) is 1.90. The Balaban J connectivity index is 0.00000144. The molecule has 2 heterocycles. The van der Waals surface area contributed by atoms with E-state index < -0.39 is 0 Å². The highest BCUT2D eigenvalue weighted by Gasteiger charge is 2.04. The molecule has 0 saturated carbocycles. The lowest BCUT2D eigenvalue weighted by Crippen LogP contribution is -2.01. The number of H-pyrrole nitrogens is 1. The summed E-state index contributed by atoms with van der Waals surface area (Å²) >= 11 is 0. The minimum absolute atomic E-state index is 0. The SMILES string of the molecule is Cc1cc(C)nc(Nc2n[nH]c(CN)n2)n1.Cl.Cl. The van der Waals surface area contributed by atoms with Gasteiger partial charge < -0.3 is 5.73 Å². The van der Waals surface area contributed by atoms with Crippen LogP contribution in [0.4, 0.5) is 11.9 Å². The van der Waals surface area contributed by atoms with Gasteiger partial charge in [0.25, 0.3) is 0 Å². The number of halogens is 2. The Labute approximate surface area is 117 Å². The fraction of sp³-hybridized carbons (Fsp3) is 0.333. The Bertz CT molecular complexity index is 479. The molecular formula is C9H15Cl2N7. The lowest BCUT2D eigenvalue weighted by atomic mass is 10.4. The minimum Gasteiger partial charge on any atom is -0.324 e. The third-order valence-corrected chi connectivity index (χ3v) is 1.93. The number of aromatic nitrogens is 5. The van der Waals surface area contributed by atoms with E-state index in [0.29, 0.717) is 24.3 Å². The fourth-order valence-electron chi connectivity index (χ4n) is 1.32. The summed E-state index contributed by atoms with van der Waals surface area (Å²) in [4.78, 5) is 12.5. The first-order valence-electron chi connectivity index (χ1n) is 4.88. The largest absolute Gasteiger partial charge is 0.324 e. The zero-order valence-corrected chi connectivity index (χ0v) is 11.6. The molecule has 0 aliphatic heterocycles. The molecule has 0 saturated heterocycles. The molecular weight excluding hydrogens is 277 g/mol. The van der Waals surface area contributed by atoms with Gasteiger partial charge in [-0.2, -0.15) is 4.98 Å². The first-order chi connectivity index (χ1) is 7.67. The molecule has 0 amide bonds. The first-order valence-corrected chi connectivity index (χ1v) is 4.88. The first kappa shape index (κ1) is 16.6. The van der Waals surface area contributed by atoms with E-state index in [0.717, 1.165) is 11.4 Å². The molecule has 0 spiro atoms. The molecule has 100 valence electrons. The van der Waals surface area contributed by atoms with Gasteiger partial charge in [0, 0.05) is 11.4 Å². The van der Waals surface area contributed by atoms with Crippen molar-refractivity contribution in [1.82, 2.24) is 25.1 Å². The van der Waals surface area contributed by atoms with Crippen LogP contribution in [0.15, 0.2) is 6.07 Å². The normalized spacial score (nSPS) is 9.28. The molecule has 0 atom stereocenters. The fourth-order valence-corrected chi connectivity index (χ4v) is 1.32. The van der Waals surface area contributed by atoms with Gasteiger partial charge in [-0.25, -0.2) is 9.97 Å². The van der Waals surface area contributed by atoms with Crippen LogP contribution in [0.1, 0.15) is 17.2 Å². The van der Waals surface area contributed by atoms with Gasteiger partial charge in [-0.1, -0.05) is 0 Å². The Morgan fingerprint density at radius 3 is 2.22 bits per heavy atom. The molecule has 0 aliphatic rings. The van der Waals surface area contributed by atoms with E-state index in [1.807, 2.05) is 19.9 Å². The summed E-state index contributed by atoms with van der Waals surface area (Å²) in [6.07, 6.45) is 0. The van der Waals surface area contributed by atoms with Crippen LogP contribution < -0.4 is 11.1 Å². The number of nitrogens with zero attached hydrogens (tertiary/aromatic N) is 4. The van der Waals surface area contributed by atoms with Gasteiger partial charge in [-0.15, -0.1) is 29.9 Å². The van der Waals surface area contributed by atoms with Crippen LogP contribution in [0.2, 0.25) is 0 Å². The molecule has 4 N–H and O–H groups in total. The van der Waals surface area contributed by atoms with Crippen molar-refractivity contribution in [3.63, 3.8) is 0 Å². The molecule has 0 unspecified atom stereocenters. The topological polar surface area (TPSA) is 105 Å². The predicted molar refractivity (Wildman–Crippen MR) is 73.6 cm³/mol. The van der Waals surface area contributed by atoms with Gasteiger partial charge in [0.1, 0.15) is 5.82 Å². The molecule has 18 heavy (non-hydrogen) atoms. The summed E-state index contributed by atoms with van der Waals surface area (Å²) in [7, 11) is 0. The van der Waals surface area contributed by atoms with Gasteiger partial charge in [-0.3, -0.25) is 10.4 Å². The molecule has 0 aliphatic carbocycles. The lowest BCUT2D eigenvalue weighted by Gasteiger charge is -2.02. The van der Waals surface area contributed by atoms with Crippen molar-refractivity contribution in [2.45, 2.75) is 20.4 Å². The average molecular weight is 292 g/mol. The highest BCUT2D eigenvalue weighted by atomic mass is 35.5. The minimum atomic E-state index is 0. The molecule has 2 aromatic rings. The van der Waals surface area contributed by atoms with E-state index >= 15 is 0 Å². The standard InChI is InChI=1S/C9H13N7.2ClH/c1-5-3-6(2)12-8(11-5)14-9-13-7(4-10)15-16-9;;/h3H,4,10H2,1-2H3,(H2,11,12,13,14,15,16);2*1H. The van der Waals surface area contributed by atoms with Crippen LogP contribution in [0.25, 0.3) is 0 Å². The quantitative estimate of drug-likeness (QED) is 0.786. The molecule has 2 aromatic heterocycles. The van der Waals surface area contributed by atoms with Crippen LogP contribution in [0.5, 0.6) is 0 Å². The second-order valence-electron chi connectivity index (χ2n) is 3.41. The molecule has 0 fully saturated rings. The van der Waals surface area contributed by atoms with Gasteiger partial charge in [0.15, 0.2) is 0 Å². The molecule has 2 rings (SSSR count). The summed E-state index contributed by atoms with van der Waals surface area (Å²) in [5.74, 6) is 1.53. The number of nitrogens with two attached hydrogens (primary N) is 1. The molecule has 7 nitrogen and oxygen atoms in total. The molecule has 0 radical (unpaired) electrons. The van der Waals surface area contributed by atoms with E-state index in [1.54, 1.807) is 0 Å². The molecule has 9 heteroatoms. The third kappa shape index (κ3) is 4.10. The van der Waals surface area contributed by atoms with E-state index in [-0.39, 0.29) is 24.8 Å². The number of anilines is 2. The van der Waals surface area contributed by atoms with E-state index in [4.69, 9.17) is 5.73 Å². The second kappa shape index (κ2) is 7.10. The smallest absolute Gasteiger partial charge is 0.248 e. The summed E-state index contributed by atoms with van der Waals surface area (Å²) in [5, 5.41) is 9.54. The van der Waals surface area contributed by atoms with E-state index in [9.17, 15) is 0 Å². The Hall–Kier alpha value is -1.44. The second-order valence-corrected chi connectivity index (χ2v) is 3.41. The maximum absolute atomic E-state index is 5.41. The predicted octanol–water partition coefficient (Wildman–Crippen LogP) is 1.26. The van der Waals surface area contributed by atoms with Crippen molar-refractivity contribution in [2.24, 2.45) is 5.73 Å². The zero-order valence-electron chi connectivity index (χ0n) is 9.97. The van der Waals surface area contributed by atoms with Crippen LogP contribution >= 0.6 is 24.8 Å². The van der Waals surface area contributed by atoms with Crippen molar-refractivity contribution < 1.29 is 0 Å². The summed E-state index contributed by atoms with van der Waals surface area (Å²) < 4.78 is 0. The van der Waals surface area contributed by atoms with Crippen LogP contribution in [-0.4, -0.2) is 25.1 Å². The van der Waals surface area contributed by atoms with Crippen molar-refractivity contribution in [1.29, 1.82) is 0 Å². The maximum atomic E-state index is 5.41. The Kier molecular flexibility index (Phi) is 6.53. The number of nitrogens with one attached hydrogen (secondary N) is 2. The molecule has 0 aromatic carbocycles. The van der Waals surface area contributed by atoms with Crippen molar-refractivity contribution in [2.75, 3.05) is 5.32 Å². The number of rotatable bonds is 3. The van der Waals surface area contributed by atoms with E-state index in [2.05, 4.69) is 30.5 Å². The molecule has 0 bridgehead atoms. The number of hydrogen-bond donors (Lipinski definition) is 3. The van der Waals surface area contributed by atoms with Gasteiger partial charge >= 0.3 is 0 Å². The van der Waals surface area contributed by atoms with E-state index in [1.165, 1.54) is 0 Å². The van der Waals surface area contributed by atoms with Crippen LogP contribution in [0.3, 0.4) is 0 Å². The Morgan fingerprint density at radius 1 is 1.11 bits per heavy atom. The highest BCUT2D eigenvalue weighted by molar-refractivity contribution is 5.85. The van der Waals surface area contributed by atoms with Crippen LogP contribution in [0, 0.1) is 13.8 Å². The summed E-state index contributed by atoms with van der Waals surface area (Å²) in [5.41, 5.74) is 7.20. The lowest BCUT2D eigenvalue weighted by molar-refractivity contribution is 0.917. The van der Waals surface area contributed by atoms with Crippen molar-refractivity contribution >= 4 is 36.7 Å². The maximum Gasteiger partial charge on any atom is 0.248 e. The zero-order chi connectivity index (χ0) is 11.5. The van der Waals surface area contributed by atoms with Gasteiger partial charge in [0.05, 0.1) is 6.54 Å². The Morgan fingerprint density at radius 2 is 1.72 bits per heavy atom. The van der Waals surface area contributed by atoms with Gasteiger partial charge in [-0.05, 0) is 19.9 Å². The number of aryl methyl sites for hydroxylation is 2. The summed E-state index contributed by atoms with van der Waals surface area (Å²) in [6.45, 7) is 4.13. The third-order valence-electron chi connectivity index (χ3n) is 1.93. The monoisotopic (exact) mass is 291 g/mol. The van der Waals surface area contributed by atoms with Gasteiger partial charge in [0.2, 0.25) is 11.9 Å². The average Bonchev–Trinajstić information content (AvgIpc) is 2.64. The number of hydrogen-bond acceptors (Lipinski definition) is 6. The van der Waals surface area contributed by atoms with Crippen LogP contribution in [-0.2, 0) is 6.54 Å².